The molecule has 1 atom stereocenters. The number of benzene rings is 1. The molecule has 1 heterocycles. The van der Waals surface area contributed by atoms with E-state index in [4.69, 9.17) is 10.5 Å². The largest absolute Gasteiger partial charge is 0.371 e. The number of nitrogens with zero attached hydrogens (tertiary/aromatic N) is 3. The zero-order valence-electron chi connectivity index (χ0n) is 11.7. The fourth-order valence-electron chi connectivity index (χ4n) is 2.64. The predicted molar refractivity (Wildman–Crippen MR) is 76.5 cm³/mol. The minimum absolute atomic E-state index is 0.0629. The average Bonchev–Trinajstić information content (AvgIpc) is 2.58. The molecule has 1 aromatic carbocycles. The smallest absolute Gasteiger partial charge is 0.130 e. The molecule has 0 saturated carbocycles. The van der Waals surface area contributed by atoms with Gasteiger partial charge in [0.05, 0.1) is 0 Å². The summed E-state index contributed by atoms with van der Waals surface area (Å²) >= 11 is 0. The van der Waals surface area contributed by atoms with Crippen molar-refractivity contribution in [2.75, 3.05) is 11.9 Å². The van der Waals surface area contributed by atoms with Crippen LogP contribution in [0.4, 0.5) is 5.69 Å². The standard InChI is InChI=1S/C16H17N3/c1-11-16(2,3)14-8-12(7-13(9-17)10-18)5-6-15(14)19(11)4/h5-8,11H,1-4H3/t11-/m1/s1. The lowest BCUT2D eigenvalue weighted by Crippen LogP contribution is -2.36. The maximum atomic E-state index is 8.82. The van der Waals surface area contributed by atoms with Gasteiger partial charge in [-0.05, 0) is 36.3 Å². The fourth-order valence-corrected chi connectivity index (χ4v) is 2.64. The number of rotatable bonds is 1. The van der Waals surface area contributed by atoms with Gasteiger partial charge in [-0.15, -0.1) is 0 Å². The number of nitriles is 2. The third-order valence-corrected chi connectivity index (χ3v) is 4.27. The first kappa shape index (κ1) is 13.2. The summed E-state index contributed by atoms with van der Waals surface area (Å²) in [6, 6.07) is 10.3. The number of anilines is 1. The lowest BCUT2D eigenvalue weighted by molar-refractivity contribution is 0.454. The predicted octanol–water partition coefficient (Wildman–Crippen LogP) is 3.23. The van der Waals surface area contributed by atoms with E-state index in [0.29, 0.717) is 6.04 Å². The molecule has 3 heteroatoms. The molecule has 1 aromatic rings. The quantitative estimate of drug-likeness (QED) is 0.720. The maximum absolute atomic E-state index is 8.82. The highest BCUT2D eigenvalue weighted by atomic mass is 15.2. The highest BCUT2D eigenvalue weighted by Gasteiger charge is 2.39. The van der Waals surface area contributed by atoms with Crippen molar-refractivity contribution in [3.05, 3.63) is 34.9 Å². The van der Waals surface area contributed by atoms with Gasteiger partial charge in [0.25, 0.3) is 0 Å². The number of hydrogen-bond acceptors (Lipinski definition) is 3. The molecule has 1 aliphatic heterocycles. The molecular weight excluding hydrogens is 234 g/mol. The van der Waals surface area contributed by atoms with Crippen molar-refractivity contribution in [3.63, 3.8) is 0 Å². The molecule has 96 valence electrons. The summed E-state index contributed by atoms with van der Waals surface area (Å²) in [5.41, 5.74) is 3.61. The second kappa shape index (κ2) is 4.44. The molecule has 0 aromatic heterocycles. The minimum Gasteiger partial charge on any atom is -0.371 e. The molecule has 1 aliphatic rings. The van der Waals surface area contributed by atoms with Crippen molar-refractivity contribution in [1.82, 2.24) is 0 Å². The van der Waals surface area contributed by atoms with E-state index in [2.05, 4.69) is 44.9 Å². The molecule has 0 bridgehead atoms. The van der Waals surface area contributed by atoms with Crippen molar-refractivity contribution >= 4 is 11.8 Å². The van der Waals surface area contributed by atoms with Gasteiger partial charge in [0, 0.05) is 24.2 Å². The van der Waals surface area contributed by atoms with Crippen LogP contribution in [0.3, 0.4) is 0 Å². The van der Waals surface area contributed by atoms with Crippen molar-refractivity contribution in [2.45, 2.75) is 32.2 Å². The molecule has 0 unspecified atom stereocenters. The highest BCUT2D eigenvalue weighted by Crippen LogP contribution is 2.44. The van der Waals surface area contributed by atoms with Crippen molar-refractivity contribution in [1.29, 1.82) is 10.5 Å². The van der Waals surface area contributed by atoms with E-state index in [-0.39, 0.29) is 11.0 Å². The molecule has 19 heavy (non-hydrogen) atoms. The highest BCUT2D eigenvalue weighted by molar-refractivity contribution is 5.70. The van der Waals surface area contributed by atoms with Crippen molar-refractivity contribution in [3.8, 4) is 12.1 Å². The van der Waals surface area contributed by atoms with E-state index in [1.54, 1.807) is 6.08 Å². The Bertz CT molecular complexity index is 610. The van der Waals surface area contributed by atoms with E-state index >= 15 is 0 Å². The molecule has 0 radical (unpaired) electrons. The molecular formula is C16H17N3. The summed E-state index contributed by atoms with van der Waals surface area (Å²) in [6.07, 6.45) is 1.64. The van der Waals surface area contributed by atoms with E-state index in [0.717, 1.165) is 5.56 Å². The Morgan fingerprint density at radius 3 is 2.53 bits per heavy atom. The van der Waals surface area contributed by atoms with Crippen LogP contribution in [-0.4, -0.2) is 13.1 Å². The molecule has 0 aliphatic carbocycles. The van der Waals surface area contributed by atoms with Gasteiger partial charge in [-0.1, -0.05) is 19.9 Å². The zero-order valence-corrected chi connectivity index (χ0v) is 11.7. The van der Waals surface area contributed by atoms with Crippen LogP contribution in [0.2, 0.25) is 0 Å². The summed E-state index contributed by atoms with van der Waals surface area (Å²) < 4.78 is 0. The van der Waals surface area contributed by atoms with Gasteiger partial charge in [-0.25, -0.2) is 0 Å². The Kier molecular flexibility index (Phi) is 3.08. The molecule has 3 nitrogen and oxygen atoms in total. The number of allylic oxidation sites excluding steroid dienone is 1. The number of fused-ring (bicyclic) bond motifs is 1. The Morgan fingerprint density at radius 1 is 1.32 bits per heavy atom. The van der Waals surface area contributed by atoms with Crippen molar-refractivity contribution < 1.29 is 0 Å². The Labute approximate surface area is 114 Å². The van der Waals surface area contributed by atoms with E-state index in [9.17, 15) is 0 Å². The lowest BCUT2D eigenvalue weighted by Gasteiger charge is -2.28. The molecule has 0 N–H and O–H groups in total. The van der Waals surface area contributed by atoms with E-state index in [1.807, 2.05) is 18.2 Å². The normalized spacial score (nSPS) is 19.3. The summed E-state index contributed by atoms with van der Waals surface area (Å²) in [7, 11) is 2.10. The van der Waals surface area contributed by atoms with Gasteiger partial charge < -0.3 is 4.90 Å². The Balaban J connectivity index is 2.54. The Hall–Kier alpha value is -2.26. The summed E-state index contributed by atoms with van der Waals surface area (Å²) in [5.74, 6) is 0. The van der Waals surface area contributed by atoms with Gasteiger partial charge in [0.15, 0.2) is 0 Å². The summed E-state index contributed by atoms with van der Waals surface area (Å²) in [5, 5.41) is 17.6. The molecule has 0 fully saturated rings. The van der Waals surface area contributed by atoms with Gasteiger partial charge in [0.2, 0.25) is 0 Å². The van der Waals surface area contributed by atoms with Crippen LogP contribution in [0, 0.1) is 22.7 Å². The first-order valence-corrected chi connectivity index (χ1v) is 6.31. The SMILES string of the molecule is C[C@H]1N(C)c2ccc(C=C(C#N)C#N)cc2C1(C)C. The van der Waals surface area contributed by atoms with E-state index in [1.165, 1.54) is 11.3 Å². The third-order valence-electron chi connectivity index (χ3n) is 4.27. The maximum Gasteiger partial charge on any atom is 0.130 e. The molecule has 0 amide bonds. The molecule has 2 rings (SSSR count). The lowest BCUT2D eigenvalue weighted by atomic mass is 9.81. The van der Waals surface area contributed by atoms with E-state index < -0.39 is 0 Å². The van der Waals surface area contributed by atoms with Crippen LogP contribution in [0.1, 0.15) is 31.9 Å². The van der Waals surface area contributed by atoms with Crippen molar-refractivity contribution in [2.24, 2.45) is 0 Å². The monoisotopic (exact) mass is 251 g/mol. The first-order valence-electron chi connectivity index (χ1n) is 6.31. The van der Waals surface area contributed by atoms with Gasteiger partial charge in [0.1, 0.15) is 17.7 Å². The molecule has 0 saturated heterocycles. The average molecular weight is 251 g/mol. The second-order valence-electron chi connectivity index (χ2n) is 5.57. The fraction of sp³-hybridized carbons (Fsp3) is 0.375. The van der Waals surface area contributed by atoms with Crippen LogP contribution >= 0.6 is 0 Å². The summed E-state index contributed by atoms with van der Waals surface area (Å²) in [6.45, 7) is 6.66. The second-order valence-corrected chi connectivity index (χ2v) is 5.57. The summed E-state index contributed by atoms with van der Waals surface area (Å²) in [4.78, 5) is 2.28. The number of likely N-dealkylation sites (N-methyl/N-ethyl adjacent to an activating group) is 1. The van der Waals surface area contributed by atoms with Gasteiger partial charge in [-0.3, -0.25) is 0 Å². The molecule has 0 spiro atoms. The van der Waals surface area contributed by atoms with Crippen LogP contribution in [0.15, 0.2) is 23.8 Å². The van der Waals surface area contributed by atoms with Gasteiger partial charge in [-0.2, -0.15) is 10.5 Å². The van der Waals surface area contributed by atoms with Gasteiger partial charge >= 0.3 is 0 Å². The Morgan fingerprint density at radius 2 is 1.95 bits per heavy atom. The minimum atomic E-state index is 0.0629. The van der Waals surface area contributed by atoms with Crippen LogP contribution in [-0.2, 0) is 5.41 Å². The first-order chi connectivity index (χ1) is 8.91. The zero-order chi connectivity index (χ0) is 14.2. The number of hydrogen-bond donors (Lipinski definition) is 0. The topological polar surface area (TPSA) is 50.8 Å². The third kappa shape index (κ3) is 1.98. The van der Waals surface area contributed by atoms with Crippen LogP contribution < -0.4 is 4.90 Å². The van der Waals surface area contributed by atoms with Crippen LogP contribution in [0.5, 0.6) is 0 Å². The van der Waals surface area contributed by atoms with Crippen LogP contribution in [0.25, 0.3) is 6.08 Å².